The Balaban J connectivity index is 0.00000196. The van der Waals surface area contributed by atoms with Crippen molar-refractivity contribution >= 4 is 49.8 Å². The third-order valence-corrected chi connectivity index (χ3v) is 3.10. The van der Waals surface area contributed by atoms with Crippen molar-refractivity contribution in [3.8, 4) is 0 Å². The van der Waals surface area contributed by atoms with E-state index in [2.05, 4.69) is 0 Å². The molecule has 0 spiro atoms. The van der Waals surface area contributed by atoms with Crippen LogP contribution in [0.3, 0.4) is 0 Å². The van der Waals surface area contributed by atoms with Crippen LogP contribution in [0.2, 0.25) is 0 Å². The average Bonchev–Trinajstić information content (AvgIpc) is 2.01. The number of hydrogen-bond acceptors (Lipinski definition) is 4. The van der Waals surface area contributed by atoms with Gasteiger partial charge in [-0.25, -0.2) is 0 Å². The summed E-state index contributed by atoms with van der Waals surface area (Å²) in [6, 6.07) is 3.75. The van der Waals surface area contributed by atoms with Crippen LogP contribution in [0.25, 0.3) is 0 Å². The summed E-state index contributed by atoms with van der Waals surface area (Å²) >= 11 is 0. The average molecular weight is 261 g/mol. The zero-order valence-electron chi connectivity index (χ0n) is 7.65. The van der Waals surface area contributed by atoms with Gasteiger partial charge in [-0.2, -0.15) is 16.8 Å². The van der Waals surface area contributed by atoms with E-state index < -0.39 is 30.0 Å². The topological polar surface area (TPSA) is 109 Å². The molecule has 1 aromatic rings. The minimum atomic E-state index is -4.46. The number of rotatable bonds is 2. The van der Waals surface area contributed by atoms with Gasteiger partial charge in [-0.3, -0.25) is 9.11 Å². The first kappa shape index (κ1) is 15.0. The van der Waals surface area contributed by atoms with Gasteiger partial charge in [0.05, 0.1) is 9.79 Å². The predicted octanol–water partition coefficient (Wildman–Crippen LogP) is -0.201. The fourth-order valence-electron chi connectivity index (χ4n) is 0.795. The largest absolute Gasteiger partial charge is 0.294 e. The van der Waals surface area contributed by atoms with Gasteiger partial charge in [-0.15, -0.1) is 0 Å². The summed E-state index contributed by atoms with van der Waals surface area (Å²) in [5, 5.41) is 0. The summed E-state index contributed by atoms with van der Waals surface area (Å²) < 4.78 is 59.5. The van der Waals surface area contributed by atoms with E-state index in [1.54, 1.807) is 0 Å². The van der Waals surface area contributed by atoms with Crippen LogP contribution in [0.15, 0.2) is 34.1 Å². The minimum absolute atomic E-state index is 0. The van der Waals surface area contributed by atoms with Gasteiger partial charge in [0.15, 0.2) is 0 Å². The van der Waals surface area contributed by atoms with E-state index in [1.165, 1.54) is 0 Å². The molecule has 0 atom stereocenters. The van der Waals surface area contributed by atoms with Gasteiger partial charge in [-0.05, 0) is 18.2 Å². The number of benzene rings is 1. The molecule has 0 saturated carbocycles. The van der Waals surface area contributed by atoms with Crippen molar-refractivity contribution in [2.24, 2.45) is 0 Å². The first-order chi connectivity index (χ1) is 6.21. The predicted molar refractivity (Wildman–Crippen MR) is 51.8 cm³/mol. The number of hydrogen-bond donors (Lipinski definition) is 2. The minimum Gasteiger partial charge on any atom is -0.282 e. The van der Waals surface area contributed by atoms with Crippen molar-refractivity contribution < 1.29 is 25.9 Å². The van der Waals surface area contributed by atoms with Crippen molar-refractivity contribution in [2.75, 3.05) is 0 Å². The van der Waals surface area contributed by atoms with Crippen LogP contribution < -0.4 is 0 Å². The van der Waals surface area contributed by atoms with Gasteiger partial charge >= 0.3 is 0 Å². The van der Waals surface area contributed by atoms with Crippen molar-refractivity contribution in [3.63, 3.8) is 0 Å². The van der Waals surface area contributed by atoms with Crippen LogP contribution in [-0.2, 0) is 20.2 Å². The smallest absolute Gasteiger partial charge is 0.282 e. The molecular weight excluding hydrogens is 255 g/mol. The first-order valence-corrected chi connectivity index (χ1v) is 6.14. The second kappa shape index (κ2) is 4.91. The third kappa shape index (κ3) is 4.19. The summed E-state index contributed by atoms with van der Waals surface area (Å²) in [6.07, 6.45) is 0. The molecule has 6 nitrogen and oxygen atoms in total. The van der Waals surface area contributed by atoms with Crippen LogP contribution in [0.5, 0.6) is 0 Å². The Morgan fingerprint density at radius 3 is 1.47 bits per heavy atom. The molecule has 0 aliphatic heterocycles. The zero-order chi connectivity index (χ0) is 11.0. The molecule has 1 aromatic carbocycles. The molecule has 0 amide bonds. The summed E-state index contributed by atoms with van der Waals surface area (Å²) in [6.45, 7) is 0. The van der Waals surface area contributed by atoms with Crippen molar-refractivity contribution in [1.82, 2.24) is 0 Å². The van der Waals surface area contributed by atoms with Crippen molar-refractivity contribution in [2.45, 2.75) is 9.79 Å². The molecule has 0 fully saturated rings. The Labute approximate surface area is 109 Å². The second-order valence-corrected chi connectivity index (χ2v) is 5.27. The van der Waals surface area contributed by atoms with Crippen LogP contribution in [0, 0.1) is 0 Å². The molecule has 9 heteroatoms. The molecule has 0 aromatic heterocycles. The molecule has 0 unspecified atom stereocenters. The second-order valence-electron chi connectivity index (χ2n) is 2.42. The maximum atomic E-state index is 10.6. The Morgan fingerprint density at radius 2 is 1.20 bits per heavy atom. The van der Waals surface area contributed by atoms with E-state index in [4.69, 9.17) is 9.11 Å². The van der Waals surface area contributed by atoms with Gasteiger partial charge in [0, 0.05) is 29.6 Å². The first-order valence-electron chi connectivity index (χ1n) is 3.26. The van der Waals surface area contributed by atoms with Crippen LogP contribution in [0.4, 0.5) is 0 Å². The van der Waals surface area contributed by atoms with Gasteiger partial charge in [0.2, 0.25) is 0 Å². The summed E-state index contributed by atoms with van der Waals surface area (Å²) in [5.74, 6) is 0. The molecule has 0 aliphatic carbocycles. The van der Waals surface area contributed by atoms with Crippen LogP contribution >= 0.6 is 0 Å². The fraction of sp³-hybridized carbons (Fsp3) is 0. The van der Waals surface area contributed by atoms with E-state index in [0.717, 1.165) is 18.2 Å². The van der Waals surface area contributed by atoms with E-state index in [9.17, 15) is 16.8 Å². The summed E-state index contributed by atoms with van der Waals surface area (Å²) in [7, 11) is -8.92. The molecular formula is C6H6NaO6S2. The van der Waals surface area contributed by atoms with Crippen molar-refractivity contribution in [3.05, 3.63) is 24.3 Å². The summed E-state index contributed by atoms with van der Waals surface area (Å²) in [5.41, 5.74) is 0. The molecule has 0 saturated heterocycles. The molecule has 79 valence electrons. The Morgan fingerprint density at radius 1 is 0.867 bits per heavy atom. The molecule has 1 radical (unpaired) electrons. The maximum Gasteiger partial charge on any atom is 0.294 e. The van der Waals surface area contributed by atoms with Crippen LogP contribution in [0.1, 0.15) is 0 Å². The van der Waals surface area contributed by atoms with Crippen LogP contribution in [-0.4, -0.2) is 55.5 Å². The Bertz CT molecular complexity index is 499. The summed E-state index contributed by atoms with van der Waals surface area (Å²) in [4.78, 5) is -1.18. The molecule has 0 aliphatic rings. The van der Waals surface area contributed by atoms with E-state index >= 15 is 0 Å². The Kier molecular flexibility index (Phi) is 4.93. The zero-order valence-corrected chi connectivity index (χ0v) is 11.3. The van der Waals surface area contributed by atoms with E-state index in [1.807, 2.05) is 0 Å². The SMILES string of the molecule is O=S(=O)(O)c1cccc(S(=O)(=O)O)c1.[Na]. The van der Waals surface area contributed by atoms with Gasteiger partial charge < -0.3 is 0 Å². The van der Waals surface area contributed by atoms with E-state index in [0.29, 0.717) is 6.07 Å². The van der Waals surface area contributed by atoms with Gasteiger partial charge in [0.25, 0.3) is 20.2 Å². The molecule has 2 N–H and O–H groups in total. The normalized spacial score (nSPS) is 11.9. The van der Waals surface area contributed by atoms with Gasteiger partial charge in [-0.1, -0.05) is 6.07 Å². The quantitative estimate of drug-likeness (QED) is 0.563. The van der Waals surface area contributed by atoms with Crippen molar-refractivity contribution in [1.29, 1.82) is 0 Å². The Hall–Kier alpha value is 0.0400. The fourth-order valence-corrected chi connectivity index (χ4v) is 1.92. The molecule has 0 heterocycles. The third-order valence-electron chi connectivity index (χ3n) is 1.40. The maximum absolute atomic E-state index is 10.6. The standard InChI is InChI=1S/C6H6O6S2.Na/c7-13(8,9)5-2-1-3-6(4-5)14(10,11)12;/h1-4H,(H,7,8,9)(H,10,11,12);. The molecule has 1 rings (SSSR count). The van der Waals surface area contributed by atoms with E-state index in [-0.39, 0.29) is 29.6 Å². The monoisotopic (exact) mass is 261 g/mol. The molecule has 0 bridgehead atoms. The van der Waals surface area contributed by atoms with Gasteiger partial charge in [0.1, 0.15) is 0 Å². The molecule has 15 heavy (non-hydrogen) atoms.